The third-order valence-electron chi connectivity index (χ3n) is 6.43. The van der Waals surface area contributed by atoms with Crippen molar-refractivity contribution in [3.8, 4) is 16.8 Å². The second-order valence-electron chi connectivity index (χ2n) is 9.22. The average Bonchev–Trinajstić information content (AvgIpc) is 3.47. The van der Waals surface area contributed by atoms with Gasteiger partial charge in [0, 0.05) is 41.8 Å². The molecule has 1 aliphatic carbocycles. The quantitative estimate of drug-likeness (QED) is 0.600. The van der Waals surface area contributed by atoms with Crippen LogP contribution >= 0.6 is 0 Å². The number of rotatable bonds is 6. The van der Waals surface area contributed by atoms with Crippen LogP contribution in [0.2, 0.25) is 0 Å². The van der Waals surface area contributed by atoms with E-state index in [-0.39, 0.29) is 17.5 Å². The minimum Gasteiger partial charge on any atom is -0.381 e. The number of likely N-dealkylation sites (tertiary alicyclic amines) is 1. The van der Waals surface area contributed by atoms with Gasteiger partial charge in [0.15, 0.2) is 0 Å². The number of nitrogens with one attached hydrogen (secondary N) is 2. The van der Waals surface area contributed by atoms with Gasteiger partial charge in [-0.05, 0) is 76.5 Å². The fourth-order valence-corrected chi connectivity index (χ4v) is 4.24. The second-order valence-corrected chi connectivity index (χ2v) is 9.22. The minimum atomic E-state index is -0.515. The molecule has 1 amide bonds. The molecule has 0 unspecified atom stereocenters. The number of benzene rings is 1. The molecule has 0 atom stereocenters. The van der Waals surface area contributed by atoms with Crippen LogP contribution in [-0.2, 0) is 0 Å². The Morgan fingerprint density at radius 3 is 2.58 bits per heavy atom. The maximum absolute atomic E-state index is 14.5. The molecule has 3 aromatic rings. The highest BCUT2D eigenvalue weighted by molar-refractivity contribution is 5.95. The van der Waals surface area contributed by atoms with Gasteiger partial charge < -0.3 is 15.5 Å². The number of aryl methyl sites for hydroxylation is 1. The van der Waals surface area contributed by atoms with Crippen LogP contribution < -0.4 is 10.6 Å². The van der Waals surface area contributed by atoms with E-state index < -0.39 is 5.82 Å². The number of hydrogen-bond donors (Lipinski definition) is 2. The van der Waals surface area contributed by atoms with E-state index in [2.05, 4.69) is 38.7 Å². The van der Waals surface area contributed by atoms with Crippen molar-refractivity contribution in [2.75, 3.05) is 25.5 Å². The number of anilines is 1. The summed E-state index contributed by atoms with van der Waals surface area (Å²) in [5.41, 5.74) is 4.28. The van der Waals surface area contributed by atoms with Gasteiger partial charge in [-0.1, -0.05) is 0 Å². The van der Waals surface area contributed by atoms with Crippen molar-refractivity contribution in [1.29, 1.82) is 0 Å². The van der Waals surface area contributed by atoms with E-state index in [0.717, 1.165) is 55.6 Å². The van der Waals surface area contributed by atoms with Crippen molar-refractivity contribution in [2.24, 2.45) is 0 Å². The summed E-state index contributed by atoms with van der Waals surface area (Å²) in [7, 11) is 2.15. The fraction of sp³-hybridized carbons (Fsp3) is 0.400. The normalized spacial score (nSPS) is 17.2. The molecule has 7 nitrogen and oxygen atoms in total. The van der Waals surface area contributed by atoms with Crippen molar-refractivity contribution >= 4 is 11.6 Å². The zero-order valence-electron chi connectivity index (χ0n) is 19.0. The lowest BCUT2D eigenvalue weighted by Crippen LogP contribution is -2.36. The molecule has 1 aliphatic heterocycles. The first-order valence-corrected chi connectivity index (χ1v) is 11.5. The Balaban J connectivity index is 1.36. The van der Waals surface area contributed by atoms with Crippen molar-refractivity contribution in [3.63, 3.8) is 0 Å². The third kappa shape index (κ3) is 4.90. The summed E-state index contributed by atoms with van der Waals surface area (Å²) in [6.07, 6.45) is 11.4. The molecule has 33 heavy (non-hydrogen) atoms. The maximum Gasteiger partial charge on any atom is 0.254 e. The van der Waals surface area contributed by atoms with E-state index >= 15 is 0 Å². The second kappa shape index (κ2) is 8.94. The first kappa shape index (κ1) is 21.6. The van der Waals surface area contributed by atoms with E-state index in [1.54, 1.807) is 16.9 Å². The lowest BCUT2D eigenvalue weighted by molar-refractivity contribution is 0.0947. The first-order valence-electron chi connectivity index (χ1n) is 11.5. The molecule has 2 N–H and O–H groups in total. The van der Waals surface area contributed by atoms with E-state index in [9.17, 15) is 9.18 Å². The van der Waals surface area contributed by atoms with E-state index in [0.29, 0.717) is 17.3 Å². The molecule has 1 saturated carbocycles. The summed E-state index contributed by atoms with van der Waals surface area (Å²) in [5, 5.41) is 10.9. The van der Waals surface area contributed by atoms with Gasteiger partial charge in [-0.2, -0.15) is 5.10 Å². The number of halogens is 1. The number of carbonyl (C=O) groups excluding carboxylic acids is 1. The molecule has 0 bridgehead atoms. The SMILES string of the molecule is Cc1cc(F)c(C(=O)NC2CC2)cc1-n1cc(-c2cncc(NC3CCN(C)CC3)c2)cn1. The Morgan fingerprint density at radius 1 is 1.03 bits per heavy atom. The third-order valence-corrected chi connectivity index (χ3v) is 6.43. The van der Waals surface area contributed by atoms with E-state index in [4.69, 9.17) is 0 Å². The predicted molar refractivity (Wildman–Crippen MR) is 126 cm³/mol. The molecular formula is C25H29FN6O. The van der Waals surface area contributed by atoms with Crippen molar-refractivity contribution in [2.45, 2.75) is 44.7 Å². The highest BCUT2D eigenvalue weighted by atomic mass is 19.1. The van der Waals surface area contributed by atoms with Crippen LogP contribution in [0, 0.1) is 12.7 Å². The van der Waals surface area contributed by atoms with E-state index in [1.165, 1.54) is 6.07 Å². The number of nitrogens with zero attached hydrogens (tertiary/aromatic N) is 4. The van der Waals surface area contributed by atoms with Crippen LogP contribution in [0.25, 0.3) is 16.8 Å². The molecule has 1 aromatic carbocycles. The van der Waals surface area contributed by atoms with Gasteiger partial charge in [-0.3, -0.25) is 9.78 Å². The predicted octanol–water partition coefficient (Wildman–Crippen LogP) is 3.78. The van der Waals surface area contributed by atoms with Gasteiger partial charge in [0.25, 0.3) is 5.91 Å². The van der Waals surface area contributed by atoms with Crippen LogP contribution in [0.4, 0.5) is 10.1 Å². The summed E-state index contributed by atoms with van der Waals surface area (Å²) < 4.78 is 16.2. The molecule has 1 saturated heterocycles. The highest BCUT2D eigenvalue weighted by Crippen LogP contribution is 2.26. The number of hydrogen-bond acceptors (Lipinski definition) is 5. The fourth-order valence-electron chi connectivity index (χ4n) is 4.24. The number of piperidine rings is 1. The van der Waals surface area contributed by atoms with Crippen LogP contribution in [-0.4, -0.2) is 57.8 Å². The van der Waals surface area contributed by atoms with Crippen molar-refractivity contribution < 1.29 is 9.18 Å². The Labute approximate surface area is 193 Å². The Kier molecular flexibility index (Phi) is 5.85. The summed E-state index contributed by atoms with van der Waals surface area (Å²) >= 11 is 0. The van der Waals surface area contributed by atoms with Gasteiger partial charge in [0.2, 0.25) is 0 Å². The Bertz CT molecular complexity index is 1160. The highest BCUT2D eigenvalue weighted by Gasteiger charge is 2.26. The Hall–Kier alpha value is -3.26. The summed E-state index contributed by atoms with van der Waals surface area (Å²) in [6, 6.07) is 5.67. The van der Waals surface area contributed by atoms with Crippen LogP contribution in [0.15, 0.2) is 43.0 Å². The Morgan fingerprint density at radius 2 is 1.82 bits per heavy atom. The topological polar surface area (TPSA) is 75.1 Å². The molecule has 2 aliphatic rings. The van der Waals surface area contributed by atoms with E-state index in [1.807, 2.05) is 25.5 Å². The number of aromatic nitrogens is 3. The van der Waals surface area contributed by atoms with Crippen LogP contribution in [0.5, 0.6) is 0 Å². The standard InChI is InChI=1S/C25H29FN6O/c1-16-9-23(26)22(25(33)30-19-3-4-19)11-24(16)32-15-18(13-28-32)17-10-21(14-27-12-17)29-20-5-7-31(2)8-6-20/h9-15,19-20,29H,3-8H2,1-2H3,(H,30,33). The molecule has 2 fully saturated rings. The summed E-state index contributed by atoms with van der Waals surface area (Å²) in [6.45, 7) is 4.00. The maximum atomic E-state index is 14.5. The van der Waals surface area contributed by atoms with Gasteiger partial charge in [-0.15, -0.1) is 0 Å². The van der Waals surface area contributed by atoms with Gasteiger partial charge in [0.05, 0.1) is 23.1 Å². The minimum absolute atomic E-state index is 0.0468. The monoisotopic (exact) mass is 448 g/mol. The zero-order chi connectivity index (χ0) is 22.9. The molecular weight excluding hydrogens is 419 g/mol. The lowest BCUT2D eigenvalue weighted by atomic mass is 10.0. The molecule has 8 heteroatoms. The number of amides is 1. The molecule has 5 rings (SSSR count). The summed E-state index contributed by atoms with van der Waals surface area (Å²) in [5.74, 6) is -0.890. The first-order chi connectivity index (χ1) is 16.0. The van der Waals surface area contributed by atoms with Crippen LogP contribution in [0.1, 0.15) is 41.6 Å². The number of carbonyl (C=O) groups is 1. The van der Waals surface area contributed by atoms with Gasteiger partial charge in [0.1, 0.15) is 5.82 Å². The average molecular weight is 449 g/mol. The van der Waals surface area contributed by atoms with Gasteiger partial charge in [-0.25, -0.2) is 9.07 Å². The molecule has 0 spiro atoms. The molecule has 2 aromatic heterocycles. The smallest absolute Gasteiger partial charge is 0.254 e. The summed E-state index contributed by atoms with van der Waals surface area (Å²) in [4.78, 5) is 19.2. The number of pyridine rings is 1. The molecule has 3 heterocycles. The largest absolute Gasteiger partial charge is 0.381 e. The van der Waals surface area contributed by atoms with Crippen LogP contribution in [0.3, 0.4) is 0 Å². The molecule has 172 valence electrons. The zero-order valence-corrected chi connectivity index (χ0v) is 19.0. The van der Waals surface area contributed by atoms with Crippen molar-refractivity contribution in [1.82, 2.24) is 25.0 Å². The van der Waals surface area contributed by atoms with Gasteiger partial charge >= 0.3 is 0 Å². The lowest BCUT2D eigenvalue weighted by Gasteiger charge is -2.30. The van der Waals surface area contributed by atoms with Crippen molar-refractivity contribution in [3.05, 3.63) is 59.9 Å². The molecule has 0 radical (unpaired) electrons.